The lowest BCUT2D eigenvalue weighted by atomic mass is 10.1. The Kier molecular flexibility index (Phi) is 10.0. The van der Waals surface area contributed by atoms with Crippen LogP contribution in [0.5, 0.6) is 0 Å². The predicted octanol–water partition coefficient (Wildman–Crippen LogP) is 0.257. The van der Waals surface area contributed by atoms with Crippen molar-refractivity contribution in [2.75, 3.05) is 6.54 Å². The van der Waals surface area contributed by atoms with Gasteiger partial charge < -0.3 is 31.5 Å². The first-order valence-corrected chi connectivity index (χ1v) is 10.4. The van der Waals surface area contributed by atoms with Gasteiger partial charge in [0.2, 0.25) is 11.8 Å². The van der Waals surface area contributed by atoms with E-state index in [1.165, 1.54) is 0 Å². The van der Waals surface area contributed by atoms with Crippen molar-refractivity contribution in [1.82, 2.24) is 21.3 Å². The molecule has 2 atom stereocenters. The number of amides is 4. The van der Waals surface area contributed by atoms with Crippen LogP contribution in [0.3, 0.4) is 0 Å². The van der Waals surface area contributed by atoms with Crippen LogP contribution in [0.2, 0.25) is 0 Å². The van der Waals surface area contributed by atoms with Crippen molar-refractivity contribution in [3.05, 3.63) is 71.8 Å². The van der Waals surface area contributed by atoms with E-state index < -0.39 is 54.8 Å². The molecule has 0 heterocycles. The Hall–Kier alpha value is -4.41. The van der Waals surface area contributed by atoms with Crippen molar-refractivity contribution in [3.8, 4) is 0 Å². The highest BCUT2D eigenvalue weighted by molar-refractivity contribution is 5.94. The van der Waals surface area contributed by atoms with Crippen molar-refractivity contribution < 1.29 is 34.2 Å². The van der Waals surface area contributed by atoms with Gasteiger partial charge in [-0.1, -0.05) is 60.7 Å². The maximum Gasteiger partial charge on any atom is 0.326 e. The minimum atomic E-state index is -1.53. The van der Waals surface area contributed by atoms with E-state index in [1.807, 2.05) is 30.3 Å². The number of urea groups is 1. The van der Waals surface area contributed by atoms with Gasteiger partial charge in [-0.2, -0.15) is 0 Å². The summed E-state index contributed by atoms with van der Waals surface area (Å²) in [6, 6.07) is 14.1. The molecule has 34 heavy (non-hydrogen) atoms. The summed E-state index contributed by atoms with van der Waals surface area (Å²) in [6.45, 7) is -0.285. The Labute approximate surface area is 195 Å². The van der Waals surface area contributed by atoms with Crippen LogP contribution < -0.4 is 21.3 Å². The van der Waals surface area contributed by atoms with E-state index in [0.717, 1.165) is 5.56 Å². The fourth-order valence-corrected chi connectivity index (χ4v) is 2.95. The summed E-state index contributed by atoms with van der Waals surface area (Å²) in [5, 5.41) is 27.9. The van der Waals surface area contributed by atoms with E-state index in [4.69, 9.17) is 5.11 Å². The number of carboxylic acids is 2. The average Bonchev–Trinajstić information content (AvgIpc) is 2.81. The Morgan fingerprint density at radius 2 is 1.32 bits per heavy atom. The normalized spacial score (nSPS) is 12.0. The second-order valence-electron chi connectivity index (χ2n) is 7.33. The molecule has 0 saturated carbocycles. The lowest BCUT2D eigenvalue weighted by Gasteiger charge is -2.20. The van der Waals surface area contributed by atoms with Crippen molar-refractivity contribution in [3.63, 3.8) is 0 Å². The van der Waals surface area contributed by atoms with Crippen molar-refractivity contribution in [2.45, 2.75) is 31.5 Å². The molecule has 2 aromatic rings. The third kappa shape index (κ3) is 9.39. The van der Waals surface area contributed by atoms with E-state index in [2.05, 4.69) is 21.3 Å². The summed E-state index contributed by atoms with van der Waals surface area (Å²) < 4.78 is 0. The minimum absolute atomic E-state index is 0.0290. The molecule has 6 N–H and O–H groups in total. The Bertz CT molecular complexity index is 999. The van der Waals surface area contributed by atoms with Crippen LogP contribution in [0.15, 0.2) is 60.7 Å². The highest BCUT2D eigenvalue weighted by Gasteiger charge is 2.28. The molecule has 0 spiro atoms. The summed E-state index contributed by atoms with van der Waals surface area (Å²) in [7, 11) is 0. The summed E-state index contributed by atoms with van der Waals surface area (Å²) in [4.78, 5) is 59.4. The van der Waals surface area contributed by atoms with Gasteiger partial charge in [0.05, 0.1) is 13.0 Å². The molecule has 0 bridgehead atoms. The van der Waals surface area contributed by atoms with Gasteiger partial charge in [0.25, 0.3) is 0 Å². The van der Waals surface area contributed by atoms with E-state index in [1.54, 1.807) is 30.3 Å². The molecule has 0 aliphatic rings. The molecule has 0 aliphatic carbocycles. The molecule has 0 fully saturated rings. The smallest absolute Gasteiger partial charge is 0.326 e. The van der Waals surface area contributed by atoms with E-state index in [0.29, 0.717) is 5.56 Å². The van der Waals surface area contributed by atoms with Crippen LogP contribution in [-0.2, 0) is 32.1 Å². The molecule has 11 heteroatoms. The third-order valence-electron chi connectivity index (χ3n) is 4.63. The number of hydrogen-bond donors (Lipinski definition) is 6. The lowest BCUT2D eigenvalue weighted by molar-refractivity contribution is -0.143. The van der Waals surface area contributed by atoms with Gasteiger partial charge in [-0.15, -0.1) is 0 Å². The standard InChI is InChI=1S/C23H26N4O7/c28-19(14-25-23(34)24-13-16-9-5-2-6-10-16)26-17(12-20(29)30)21(31)27-18(22(32)33)11-15-7-3-1-4-8-15/h1-10,17-18H,11-14H2,(H,26,28)(H,27,31)(H,29,30)(H,32,33)(H2,24,25,34)/t17-,18+/m0/s1. The fourth-order valence-electron chi connectivity index (χ4n) is 2.95. The highest BCUT2D eigenvalue weighted by atomic mass is 16.4. The first-order chi connectivity index (χ1) is 16.2. The molecular formula is C23H26N4O7. The summed E-state index contributed by atoms with van der Waals surface area (Å²) in [6.07, 6.45) is -0.797. The van der Waals surface area contributed by atoms with Crippen LogP contribution in [-0.4, -0.2) is 58.6 Å². The second kappa shape index (κ2) is 13.2. The predicted molar refractivity (Wildman–Crippen MR) is 121 cm³/mol. The van der Waals surface area contributed by atoms with Crippen molar-refractivity contribution in [2.24, 2.45) is 0 Å². The van der Waals surface area contributed by atoms with Crippen molar-refractivity contribution in [1.29, 1.82) is 0 Å². The monoisotopic (exact) mass is 470 g/mol. The van der Waals surface area contributed by atoms with E-state index >= 15 is 0 Å². The zero-order valence-electron chi connectivity index (χ0n) is 18.2. The molecule has 180 valence electrons. The molecule has 0 radical (unpaired) electrons. The number of carbonyl (C=O) groups is 5. The number of nitrogens with one attached hydrogen (secondary N) is 4. The molecule has 0 saturated heterocycles. The van der Waals surface area contributed by atoms with Gasteiger partial charge in [0, 0.05) is 13.0 Å². The van der Waals surface area contributed by atoms with Crippen LogP contribution in [0, 0.1) is 0 Å². The number of aliphatic carboxylic acids is 2. The van der Waals surface area contributed by atoms with Gasteiger partial charge in [-0.25, -0.2) is 9.59 Å². The van der Waals surface area contributed by atoms with Gasteiger partial charge in [-0.3, -0.25) is 14.4 Å². The fraction of sp³-hybridized carbons (Fsp3) is 0.261. The Balaban J connectivity index is 1.89. The number of carbonyl (C=O) groups excluding carboxylic acids is 3. The second-order valence-corrected chi connectivity index (χ2v) is 7.33. The van der Waals surface area contributed by atoms with Gasteiger partial charge in [-0.05, 0) is 11.1 Å². The summed E-state index contributed by atoms with van der Waals surface area (Å²) in [5.41, 5.74) is 1.50. The van der Waals surface area contributed by atoms with Crippen LogP contribution in [0.4, 0.5) is 4.79 Å². The summed E-state index contributed by atoms with van der Waals surface area (Å²) in [5.74, 6) is -4.46. The maximum absolute atomic E-state index is 12.6. The molecule has 2 aromatic carbocycles. The third-order valence-corrected chi connectivity index (χ3v) is 4.63. The number of hydrogen-bond acceptors (Lipinski definition) is 5. The minimum Gasteiger partial charge on any atom is -0.481 e. The topological polar surface area (TPSA) is 174 Å². The van der Waals surface area contributed by atoms with E-state index in [9.17, 15) is 29.1 Å². The zero-order valence-corrected chi connectivity index (χ0v) is 18.2. The first-order valence-electron chi connectivity index (χ1n) is 10.4. The van der Waals surface area contributed by atoms with Gasteiger partial charge >= 0.3 is 18.0 Å². The molecular weight excluding hydrogens is 444 g/mol. The number of rotatable bonds is 12. The largest absolute Gasteiger partial charge is 0.481 e. The average molecular weight is 470 g/mol. The molecule has 11 nitrogen and oxygen atoms in total. The molecule has 2 rings (SSSR count). The Morgan fingerprint density at radius 1 is 0.735 bits per heavy atom. The van der Waals surface area contributed by atoms with Gasteiger partial charge in [0.1, 0.15) is 12.1 Å². The lowest BCUT2D eigenvalue weighted by Crippen LogP contribution is -2.54. The van der Waals surface area contributed by atoms with Crippen molar-refractivity contribution >= 4 is 29.8 Å². The van der Waals surface area contributed by atoms with Crippen LogP contribution >= 0.6 is 0 Å². The van der Waals surface area contributed by atoms with Gasteiger partial charge in [0.15, 0.2) is 0 Å². The number of benzene rings is 2. The number of carboxylic acid groups (broad SMARTS) is 2. The summed E-state index contributed by atoms with van der Waals surface area (Å²) >= 11 is 0. The van der Waals surface area contributed by atoms with E-state index in [-0.39, 0.29) is 13.0 Å². The molecule has 0 aliphatic heterocycles. The van der Waals surface area contributed by atoms with Crippen LogP contribution in [0.25, 0.3) is 0 Å². The Morgan fingerprint density at radius 3 is 1.88 bits per heavy atom. The van der Waals surface area contributed by atoms with Crippen LogP contribution in [0.1, 0.15) is 17.5 Å². The maximum atomic E-state index is 12.6. The first kappa shape index (κ1) is 25.8. The molecule has 0 aromatic heterocycles. The molecule has 4 amide bonds. The SMILES string of the molecule is O=C(O)C[C@H](NC(=O)CNC(=O)NCc1ccccc1)C(=O)N[C@H](Cc1ccccc1)C(=O)O. The highest BCUT2D eigenvalue weighted by Crippen LogP contribution is 2.05. The molecule has 0 unspecified atom stereocenters. The quantitative estimate of drug-likeness (QED) is 0.258. The zero-order chi connectivity index (χ0) is 24.9.